The largest absolute Gasteiger partial charge is 0.366 e. The summed E-state index contributed by atoms with van der Waals surface area (Å²) in [7, 11) is 6.07. The summed E-state index contributed by atoms with van der Waals surface area (Å²) >= 11 is 0. The van der Waals surface area contributed by atoms with Crippen molar-refractivity contribution in [2.75, 3.05) is 34.5 Å². The van der Waals surface area contributed by atoms with Crippen LogP contribution < -0.4 is 5.32 Å². The van der Waals surface area contributed by atoms with Crippen LogP contribution in [0.3, 0.4) is 0 Å². The molecule has 0 aliphatic heterocycles. The molecule has 18 heavy (non-hydrogen) atoms. The Morgan fingerprint density at radius 3 is 2.28 bits per heavy atom. The molecule has 0 aliphatic rings. The molecule has 0 aromatic rings. The highest BCUT2D eigenvalue weighted by atomic mass is 16.5. The molecule has 1 N–H and O–H groups in total. The zero-order valence-corrected chi connectivity index (χ0v) is 13.0. The van der Waals surface area contributed by atoms with Crippen molar-refractivity contribution in [3.8, 4) is 0 Å². The number of unbranched alkanes of at least 4 members (excludes halogenated alkanes) is 2. The van der Waals surface area contributed by atoms with Gasteiger partial charge in [-0.2, -0.15) is 0 Å². The quantitative estimate of drug-likeness (QED) is 0.349. The van der Waals surface area contributed by atoms with Gasteiger partial charge in [0, 0.05) is 12.1 Å². The molecule has 3 heteroatoms. The van der Waals surface area contributed by atoms with Gasteiger partial charge in [0.2, 0.25) is 0 Å². The van der Waals surface area contributed by atoms with Gasteiger partial charge in [-0.25, -0.2) is 0 Å². The molecule has 0 unspecified atom stereocenters. The zero-order chi connectivity index (χ0) is 13.9. The predicted molar refractivity (Wildman–Crippen MR) is 79.9 cm³/mol. The molecule has 0 aliphatic carbocycles. The van der Waals surface area contributed by atoms with E-state index in [1.807, 2.05) is 26.0 Å². The van der Waals surface area contributed by atoms with E-state index >= 15 is 0 Å². The standard InChI is InChI=1S/C15H32N2O/c1-15(2,16-3)12-10-8-6-7-9-11-13-18-14-17(4)5/h6-7,16H,8-14H2,1-5H3. The molecule has 0 aromatic heterocycles. The molecule has 0 spiro atoms. The molecule has 0 heterocycles. The zero-order valence-electron chi connectivity index (χ0n) is 13.0. The van der Waals surface area contributed by atoms with Crippen LogP contribution >= 0.6 is 0 Å². The molecule has 3 nitrogen and oxygen atoms in total. The van der Waals surface area contributed by atoms with Gasteiger partial charge in [0.05, 0.1) is 6.73 Å². The van der Waals surface area contributed by atoms with Crippen LogP contribution in [0.25, 0.3) is 0 Å². The van der Waals surface area contributed by atoms with Crippen LogP contribution in [0.1, 0.15) is 46.0 Å². The lowest BCUT2D eigenvalue weighted by Crippen LogP contribution is -2.35. The fourth-order valence-electron chi connectivity index (χ4n) is 1.57. The maximum atomic E-state index is 5.47. The monoisotopic (exact) mass is 256 g/mol. The normalized spacial score (nSPS) is 12.8. The van der Waals surface area contributed by atoms with Crippen molar-refractivity contribution in [1.29, 1.82) is 0 Å². The van der Waals surface area contributed by atoms with E-state index in [9.17, 15) is 0 Å². The lowest BCUT2D eigenvalue weighted by atomic mass is 9.97. The maximum absolute atomic E-state index is 5.47. The second kappa shape index (κ2) is 10.5. The average molecular weight is 256 g/mol. The van der Waals surface area contributed by atoms with Gasteiger partial charge in [-0.05, 0) is 67.1 Å². The molecule has 0 rings (SSSR count). The Morgan fingerprint density at radius 2 is 1.72 bits per heavy atom. The summed E-state index contributed by atoms with van der Waals surface area (Å²) in [5, 5.41) is 3.33. The molecule has 0 amide bonds. The summed E-state index contributed by atoms with van der Waals surface area (Å²) in [6.07, 6.45) is 10.5. The minimum Gasteiger partial charge on any atom is -0.366 e. The average Bonchev–Trinajstić information content (AvgIpc) is 2.31. The van der Waals surface area contributed by atoms with Gasteiger partial charge in [0.15, 0.2) is 0 Å². The van der Waals surface area contributed by atoms with E-state index < -0.39 is 0 Å². The molecule has 0 saturated heterocycles. The minimum absolute atomic E-state index is 0.272. The molecule has 0 saturated carbocycles. The van der Waals surface area contributed by atoms with Crippen molar-refractivity contribution >= 4 is 0 Å². The second-order valence-electron chi connectivity index (χ2n) is 5.76. The van der Waals surface area contributed by atoms with Crippen LogP contribution in [-0.2, 0) is 4.74 Å². The first-order valence-corrected chi connectivity index (χ1v) is 7.04. The van der Waals surface area contributed by atoms with Gasteiger partial charge in [0.1, 0.15) is 0 Å². The molecule has 0 aromatic carbocycles. The Bertz CT molecular complexity index is 213. The van der Waals surface area contributed by atoms with Crippen LogP contribution in [0.5, 0.6) is 0 Å². The van der Waals surface area contributed by atoms with Gasteiger partial charge in [-0.3, -0.25) is 4.90 Å². The first-order chi connectivity index (χ1) is 8.48. The van der Waals surface area contributed by atoms with Gasteiger partial charge >= 0.3 is 0 Å². The number of rotatable bonds is 11. The number of allylic oxidation sites excluding steroid dienone is 2. The van der Waals surface area contributed by atoms with Crippen molar-refractivity contribution in [1.82, 2.24) is 10.2 Å². The molecule has 108 valence electrons. The van der Waals surface area contributed by atoms with E-state index in [-0.39, 0.29) is 5.54 Å². The van der Waals surface area contributed by atoms with Crippen molar-refractivity contribution in [2.24, 2.45) is 0 Å². The summed E-state index contributed by atoms with van der Waals surface area (Å²) in [5.41, 5.74) is 0.272. The van der Waals surface area contributed by atoms with Crippen molar-refractivity contribution in [3.63, 3.8) is 0 Å². The molecule has 0 bridgehead atoms. The fraction of sp³-hybridized carbons (Fsp3) is 0.867. The molecule has 0 fully saturated rings. The number of nitrogens with one attached hydrogen (secondary N) is 1. The van der Waals surface area contributed by atoms with Crippen LogP contribution in [-0.4, -0.2) is 44.9 Å². The molecule has 0 radical (unpaired) electrons. The number of nitrogens with zero attached hydrogens (tertiary/aromatic N) is 1. The number of ether oxygens (including phenoxy) is 1. The van der Waals surface area contributed by atoms with Crippen LogP contribution in [0.15, 0.2) is 12.2 Å². The van der Waals surface area contributed by atoms with Gasteiger partial charge in [-0.15, -0.1) is 0 Å². The summed E-state index contributed by atoms with van der Waals surface area (Å²) in [4.78, 5) is 2.04. The third kappa shape index (κ3) is 12.1. The van der Waals surface area contributed by atoms with Gasteiger partial charge in [-0.1, -0.05) is 12.2 Å². The summed E-state index contributed by atoms with van der Waals surface area (Å²) in [5.74, 6) is 0. The smallest absolute Gasteiger partial charge is 0.0985 e. The topological polar surface area (TPSA) is 24.5 Å². The van der Waals surface area contributed by atoms with Gasteiger partial charge < -0.3 is 10.1 Å². The van der Waals surface area contributed by atoms with Crippen molar-refractivity contribution < 1.29 is 4.74 Å². The first kappa shape index (κ1) is 17.6. The van der Waals surface area contributed by atoms with E-state index in [0.717, 1.165) is 26.2 Å². The van der Waals surface area contributed by atoms with E-state index in [4.69, 9.17) is 4.74 Å². The molecule has 0 atom stereocenters. The third-order valence-corrected chi connectivity index (χ3v) is 3.02. The summed E-state index contributed by atoms with van der Waals surface area (Å²) in [6, 6.07) is 0. The Balaban J connectivity index is 3.29. The van der Waals surface area contributed by atoms with E-state index in [1.165, 1.54) is 19.3 Å². The van der Waals surface area contributed by atoms with E-state index in [1.54, 1.807) is 0 Å². The Hall–Kier alpha value is -0.380. The summed E-state index contributed by atoms with van der Waals surface area (Å²) in [6.45, 7) is 6.08. The molecular formula is C15H32N2O. The van der Waals surface area contributed by atoms with E-state index in [0.29, 0.717) is 0 Å². The Morgan fingerprint density at radius 1 is 1.11 bits per heavy atom. The first-order valence-electron chi connectivity index (χ1n) is 7.04. The van der Waals surface area contributed by atoms with E-state index in [2.05, 4.69) is 31.3 Å². The van der Waals surface area contributed by atoms with Gasteiger partial charge in [0.25, 0.3) is 0 Å². The Kier molecular flexibility index (Phi) is 10.3. The number of hydrogen-bond acceptors (Lipinski definition) is 3. The Labute approximate surface area is 114 Å². The van der Waals surface area contributed by atoms with Crippen molar-refractivity contribution in [3.05, 3.63) is 12.2 Å². The maximum Gasteiger partial charge on any atom is 0.0985 e. The van der Waals surface area contributed by atoms with Crippen LogP contribution in [0.4, 0.5) is 0 Å². The lowest BCUT2D eigenvalue weighted by Gasteiger charge is -2.23. The SMILES string of the molecule is CNC(C)(C)CCCC=CCCCOCN(C)C. The third-order valence-electron chi connectivity index (χ3n) is 3.02. The highest BCUT2D eigenvalue weighted by Crippen LogP contribution is 2.12. The van der Waals surface area contributed by atoms with Crippen molar-refractivity contribution in [2.45, 2.75) is 51.5 Å². The second-order valence-corrected chi connectivity index (χ2v) is 5.76. The highest BCUT2D eigenvalue weighted by molar-refractivity contribution is 4.83. The molecular weight excluding hydrogens is 224 g/mol. The summed E-state index contributed by atoms with van der Waals surface area (Å²) < 4.78 is 5.47. The fourth-order valence-corrected chi connectivity index (χ4v) is 1.57. The van der Waals surface area contributed by atoms with Crippen LogP contribution in [0, 0.1) is 0 Å². The predicted octanol–water partition coefficient (Wildman–Crippen LogP) is 3.03. The lowest BCUT2D eigenvalue weighted by molar-refractivity contribution is 0.0553. The number of hydrogen-bond donors (Lipinski definition) is 1. The minimum atomic E-state index is 0.272. The highest BCUT2D eigenvalue weighted by Gasteiger charge is 2.12. The van der Waals surface area contributed by atoms with Crippen LogP contribution in [0.2, 0.25) is 0 Å².